The van der Waals surface area contributed by atoms with Crippen molar-refractivity contribution in [1.29, 1.82) is 5.26 Å². The first-order valence-electron chi connectivity index (χ1n) is 8.04. The molecule has 4 N–H and O–H groups in total. The summed E-state index contributed by atoms with van der Waals surface area (Å²) in [6, 6.07) is 14.8. The summed E-state index contributed by atoms with van der Waals surface area (Å²) >= 11 is 0. The normalized spacial score (nSPS) is 11.0. The fourth-order valence-electron chi connectivity index (χ4n) is 2.16. The third-order valence-electron chi connectivity index (χ3n) is 3.50. The van der Waals surface area contributed by atoms with Crippen LogP contribution in [-0.4, -0.2) is 30.4 Å². The van der Waals surface area contributed by atoms with E-state index >= 15 is 0 Å². The number of primary amides is 1. The maximum atomic E-state index is 12.3. The van der Waals surface area contributed by atoms with Gasteiger partial charge in [0.1, 0.15) is 11.8 Å². The maximum absolute atomic E-state index is 12.3. The Kier molecular flexibility index (Phi) is 6.49. The van der Waals surface area contributed by atoms with Crippen LogP contribution in [0.25, 0.3) is 0 Å². The third kappa shape index (κ3) is 5.57. The number of carbonyl (C=O) groups is 3. The zero-order chi connectivity index (χ0) is 19.8. The standard InChI is InChI=1S/C19H18N4O4/c1-12(27-16-8-3-2-5-14(16)10-20)18(25)23-15-7-4-6-13(9-15)19(26)22-11-17(21)24/h2-9,12H,11H2,1H3,(H2,21,24)(H,22,26)(H,23,25). The Labute approximate surface area is 155 Å². The van der Waals surface area contributed by atoms with Crippen molar-refractivity contribution in [2.24, 2.45) is 5.73 Å². The summed E-state index contributed by atoms with van der Waals surface area (Å²) in [4.78, 5) is 35.0. The molecule has 2 rings (SSSR count). The van der Waals surface area contributed by atoms with Gasteiger partial charge >= 0.3 is 0 Å². The van der Waals surface area contributed by atoms with Crippen LogP contribution in [0.15, 0.2) is 48.5 Å². The Hall–Kier alpha value is -3.86. The minimum Gasteiger partial charge on any atom is -0.480 e. The highest BCUT2D eigenvalue weighted by atomic mass is 16.5. The number of hydrogen-bond donors (Lipinski definition) is 3. The van der Waals surface area contributed by atoms with E-state index in [1.807, 2.05) is 6.07 Å². The Bertz CT molecular complexity index is 905. The van der Waals surface area contributed by atoms with Crippen molar-refractivity contribution in [3.05, 3.63) is 59.7 Å². The van der Waals surface area contributed by atoms with Crippen LogP contribution >= 0.6 is 0 Å². The molecule has 0 heterocycles. The molecule has 1 unspecified atom stereocenters. The van der Waals surface area contributed by atoms with Crippen LogP contribution in [0.3, 0.4) is 0 Å². The van der Waals surface area contributed by atoms with Crippen LogP contribution in [0.4, 0.5) is 5.69 Å². The van der Waals surface area contributed by atoms with Crippen LogP contribution in [0, 0.1) is 11.3 Å². The molecule has 0 aromatic heterocycles. The lowest BCUT2D eigenvalue weighted by Gasteiger charge is -2.16. The smallest absolute Gasteiger partial charge is 0.265 e. The number of hydrogen-bond acceptors (Lipinski definition) is 5. The highest BCUT2D eigenvalue weighted by Gasteiger charge is 2.17. The fourth-order valence-corrected chi connectivity index (χ4v) is 2.16. The van der Waals surface area contributed by atoms with E-state index in [9.17, 15) is 14.4 Å². The lowest BCUT2D eigenvalue weighted by Crippen LogP contribution is -2.33. The molecule has 2 aromatic rings. The maximum Gasteiger partial charge on any atom is 0.265 e. The van der Waals surface area contributed by atoms with Crippen molar-refractivity contribution in [1.82, 2.24) is 5.32 Å². The minimum atomic E-state index is -0.869. The number of para-hydroxylation sites is 1. The molecule has 0 saturated carbocycles. The number of benzene rings is 2. The summed E-state index contributed by atoms with van der Waals surface area (Å²) in [7, 11) is 0. The highest BCUT2D eigenvalue weighted by molar-refractivity contribution is 5.99. The molecule has 1 atom stereocenters. The van der Waals surface area contributed by atoms with E-state index in [4.69, 9.17) is 15.7 Å². The van der Waals surface area contributed by atoms with Gasteiger partial charge in [0, 0.05) is 11.3 Å². The molecule has 2 aromatic carbocycles. The van der Waals surface area contributed by atoms with Gasteiger partial charge in [-0.2, -0.15) is 5.26 Å². The van der Waals surface area contributed by atoms with Gasteiger partial charge in [0.05, 0.1) is 12.1 Å². The number of anilines is 1. The first-order valence-corrected chi connectivity index (χ1v) is 8.04. The van der Waals surface area contributed by atoms with E-state index < -0.39 is 23.8 Å². The third-order valence-corrected chi connectivity index (χ3v) is 3.50. The summed E-state index contributed by atoms with van der Waals surface area (Å²) in [6.07, 6.45) is -0.869. The first kappa shape index (κ1) is 19.5. The van der Waals surface area contributed by atoms with Crippen molar-refractivity contribution in [2.45, 2.75) is 13.0 Å². The molecule has 8 nitrogen and oxygen atoms in total. The molecule has 0 spiro atoms. The number of nitrogens with two attached hydrogens (primary N) is 1. The summed E-state index contributed by atoms with van der Waals surface area (Å²) in [5.41, 5.74) is 5.96. The predicted molar refractivity (Wildman–Crippen MR) is 97.8 cm³/mol. The fraction of sp³-hybridized carbons (Fsp3) is 0.158. The number of amides is 3. The van der Waals surface area contributed by atoms with Crippen molar-refractivity contribution >= 4 is 23.4 Å². The molecule has 138 valence electrons. The molecule has 8 heteroatoms. The van der Waals surface area contributed by atoms with Crippen LogP contribution in [-0.2, 0) is 9.59 Å². The summed E-state index contributed by atoms with van der Waals surface area (Å²) in [6.45, 7) is 1.27. The van der Waals surface area contributed by atoms with Gasteiger partial charge in [-0.25, -0.2) is 0 Å². The largest absolute Gasteiger partial charge is 0.480 e. The summed E-state index contributed by atoms with van der Waals surface area (Å²) in [5.74, 6) is -1.28. The van der Waals surface area contributed by atoms with Gasteiger partial charge in [-0.15, -0.1) is 0 Å². The molecule has 0 aliphatic carbocycles. The average molecular weight is 366 g/mol. The van der Waals surface area contributed by atoms with Gasteiger partial charge in [-0.3, -0.25) is 14.4 Å². The van der Waals surface area contributed by atoms with Gasteiger partial charge < -0.3 is 21.1 Å². The zero-order valence-corrected chi connectivity index (χ0v) is 14.6. The SMILES string of the molecule is CC(Oc1ccccc1C#N)C(=O)Nc1cccc(C(=O)NCC(N)=O)c1. The zero-order valence-electron chi connectivity index (χ0n) is 14.6. The average Bonchev–Trinajstić information content (AvgIpc) is 2.66. The Balaban J connectivity index is 2.02. The Morgan fingerprint density at radius 3 is 2.63 bits per heavy atom. The molecular formula is C19H18N4O4. The monoisotopic (exact) mass is 366 g/mol. The van der Waals surface area contributed by atoms with Gasteiger partial charge in [0.2, 0.25) is 5.91 Å². The molecule has 27 heavy (non-hydrogen) atoms. The molecule has 0 fully saturated rings. The second-order valence-electron chi connectivity index (χ2n) is 5.59. The Morgan fingerprint density at radius 1 is 1.19 bits per heavy atom. The van der Waals surface area contributed by atoms with E-state index in [0.717, 1.165) is 0 Å². The minimum absolute atomic E-state index is 0.262. The van der Waals surface area contributed by atoms with Gasteiger partial charge in [0.25, 0.3) is 11.8 Å². The number of rotatable bonds is 7. The number of nitriles is 1. The second-order valence-corrected chi connectivity index (χ2v) is 5.59. The number of nitrogens with one attached hydrogen (secondary N) is 2. The first-order chi connectivity index (χ1) is 12.9. The van der Waals surface area contributed by atoms with Crippen molar-refractivity contribution in [3.63, 3.8) is 0 Å². The van der Waals surface area contributed by atoms with E-state index in [1.54, 1.807) is 43.3 Å². The van der Waals surface area contributed by atoms with Gasteiger partial charge in [-0.1, -0.05) is 18.2 Å². The van der Waals surface area contributed by atoms with Crippen LogP contribution in [0.1, 0.15) is 22.8 Å². The molecule has 0 aliphatic rings. The lowest BCUT2D eigenvalue weighted by atomic mass is 10.2. The van der Waals surface area contributed by atoms with Gasteiger partial charge in [0.15, 0.2) is 6.10 Å². The number of nitrogens with zero attached hydrogens (tertiary/aromatic N) is 1. The van der Waals surface area contributed by atoms with E-state index in [0.29, 0.717) is 17.0 Å². The highest BCUT2D eigenvalue weighted by Crippen LogP contribution is 2.19. The van der Waals surface area contributed by atoms with Crippen LogP contribution in [0.5, 0.6) is 5.75 Å². The second kappa shape index (κ2) is 9.01. The molecule has 0 saturated heterocycles. The van der Waals surface area contributed by atoms with Crippen molar-refractivity contribution < 1.29 is 19.1 Å². The molecule has 3 amide bonds. The van der Waals surface area contributed by atoms with E-state index in [-0.39, 0.29) is 12.1 Å². The summed E-state index contributed by atoms with van der Waals surface area (Å²) < 4.78 is 5.55. The summed E-state index contributed by atoms with van der Waals surface area (Å²) in [5, 5.41) is 14.1. The van der Waals surface area contributed by atoms with Crippen molar-refractivity contribution in [2.75, 3.05) is 11.9 Å². The number of carbonyl (C=O) groups excluding carboxylic acids is 3. The molecule has 0 bridgehead atoms. The molecular weight excluding hydrogens is 348 g/mol. The quantitative estimate of drug-likeness (QED) is 0.676. The lowest BCUT2D eigenvalue weighted by molar-refractivity contribution is -0.122. The number of ether oxygens (including phenoxy) is 1. The predicted octanol–water partition coefficient (Wildman–Crippen LogP) is 1.18. The Morgan fingerprint density at radius 2 is 1.93 bits per heavy atom. The van der Waals surface area contributed by atoms with E-state index in [1.165, 1.54) is 12.1 Å². The topological polar surface area (TPSA) is 134 Å². The van der Waals surface area contributed by atoms with Gasteiger partial charge in [-0.05, 0) is 37.3 Å². The van der Waals surface area contributed by atoms with Crippen LogP contribution < -0.4 is 21.1 Å². The van der Waals surface area contributed by atoms with Crippen LogP contribution in [0.2, 0.25) is 0 Å². The molecule has 0 radical (unpaired) electrons. The molecule has 0 aliphatic heterocycles. The van der Waals surface area contributed by atoms with Crippen molar-refractivity contribution in [3.8, 4) is 11.8 Å². The van der Waals surface area contributed by atoms with E-state index in [2.05, 4.69) is 10.6 Å².